The van der Waals surface area contributed by atoms with E-state index in [2.05, 4.69) is 4.90 Å². The molecule has 1 aromatic carbocycles. The van der Waals surface area contributed by atoms with Crippen molar-refractivity contribution >= 4 is 51.1 Å². The molecule has 6 nitrogen and oxygen atoms in total. The summed E-state index contributed by atoms with van der Waals surface area (Å²) in [5.41, 5.74) is 3.07. The quantitative estimate of drug-likeness (QED) is 0.272. The summed E-state index contributed by atoms with van der Waals surface area (Å²) in [7, 11) is 0. The van der Waals surface area contributed by atoms with Crippen molar-refractivity contribution in [1.29, 1.82) is 0 Å². The van der Waals surface area contributed by atoms with Gasteiger partial charge in [0.2, 0.25) is 0 Å². The number of hydrogen-bond acceptors (Lipinski definition) is 6. The minimum absolute atomic E-state index is 0.102. The minimum Gasteiger partial charge on any atom is -0.464 e. The zero-order valence-electron chi connectivity index (χ0n) is 17.3. The van der Waals surface area contributed by atoms with Crippen LogP contribution in [0.25, 0.3) is 21.9 Å². The van der Waals surface area contributed by atoms with E-state index in [-0.39, 0.29) is 19.0 Å². The molecular weight excluding hydrogens is 429 g/mol. The summed E-state index contributed by atoms with van der Waals surface area (Å²) in [6, 6.07) is 3.37. The van der Waals surface area contributed by atoms with E-state index in [0.29, 0.717) is 48.3 Å². The first-order chi connectivity index (χ1) is 14.3. The largest absolute Gasteiger partial charge is 0.464 e. The van der Waals surface area contributed by atoms with Gasteiger partial charge in [-0.15, -0.1) is 23.2 Å². The number of hydrogen-bond donors (Lipinski definition) is 0. The number of aryl methyl sites for hydroxylation is 3. The second kappa shape index (κ2) is 9.86. The number of fused-ring (bicyclic) bond motifs is 2. The number of rotatable bonds is 9. The lowest BCUT2D eigenvalue weighted by atomic mass is 10.0. The highest BCUT2D eigenvalue weighted by molar-refractivity contribution is 6.18. The van der Waals surface area contributed by atoms with Crippen molar-refractivity contribution in [3.8, 4) is 0 Å². The van der Waals surface area contributed by atoms with Gasteiger partial charge in [0.25, 0.3) is 0 Å². The molecule has 2 aromatic heterocycles. The van der Waals surface area contributed by atoms with Crippen LogP contribution in [0, 0.1) is 20.8 Å². The molecular formula is C22H25Cl2NO5. The maximum absolute atomic E-state index is 12.5. The minimum atomic E-state index is -0.396. The lowest BCUT2D eigenvalue weighted by molar-refractivity contribution is -0.143. The van der Waals surface area contributed by atoms with Gasteiger partial charge in [-0.05, 0) is 32.4 Å². The number of carbonyl (C=O) groups is 1. The highest BCUT2D eigenvalue weighted by Gasteiger charge is 2.20. The van der Waals surface area contributed by atoms with Gasteiger partial charge in [-0.3, -0.25) is 9.69 Å². The molecule has 0 spiro atoms. The number of esters is 1. The highest BCUT2D eigenvalue weighted by Crippen LogP contribution is 2.34. The van der Waals surface area contributed by atoms with Crippen molar-refractivity contribution in [2.75, 3.05) is 38.0 Å². The fourth-order valence-corrected chi connectivity index (χ4v) is 4.11. The molecule has 0 aliphatic heterocycles. The Morgan fingerprint density at radius 1 is 1.00 bits per heavy atom. The molecule has 30 heavy (non-hydrogen) atoms. The van der Waals surface area contributed by atoms with Crippen molar-refractivity contribution in [2.45, 2.75) is 27.2 Å². The van der Waals surface area contributed by atoms with Gasteiger partial charge < -0.3 is 13.6 Å². The van der Waals surface area contributed by atoms with Crippen molar-refractivity contribution in [1.82, 2.24) is 4.90 Å². The van der Waals surface area contributed by atoms with E-state index in [0.717, 1.165) is 27.5 Å². The van der Waals surface area contributed by atoms with Crippen molar-refractivity contribution in [3.05, 3.63) is 45.0 Å². The van der Waals surface area contributed by atoms with E-state index in [1.165, 1.54) is 6.07 Å². The molecule has 2 heterocycles. The van der Waals surface area contributed by atoms with Crippen LogP contribution < -0.4 is 5.63 Å². The van der Waals surface area contributed by atoms with Crippen molar-refractivity contribution in [2.24, 2.45) is 0 Å². The Morgan fingerprint density at radius 2 is 1.67 bits per heavy atom. The molecule has 0 amide bonds. The van der Waals surface area contributed by atoms with E-state index in [4.69, 9.17) is 36.8 Å². The SMILES string of the molecule is Cc1oc2c(C)c3oc(=O)cc(C)c3cc2c1CC(=O)OCCN(CCCl)CCCl. The zero-order valence-corrected chi connectivity index (χ0v) is 18.9. The number of ether oxygens (including phenoxy) is 1. The number of halogens is 2. The van der Waals surface area contributed by atoms with Gasteiger partial charge in [-0.25, -0.2) is 4.79 Å². The normalized spacial score (nSPS) is 11.7. The van der Waals surface area contributed by atoms with E-state index >= 15 is 0 Å². The molecule has 0 radical (unpaired) electrons. The Balaban J connectivity index is 1.81. The maximum Gasteiger partial charge on any atom is 0.336 e. The molecule has 0 saturated carbocycles. The van der Waals surface area contributed by atoms with Gasteiger partial charge in [-0.1, -0.05) is 0 Å². The topological polar surface area (TPSA) is 72.9 Å². The summed E-state index contributed by atoms with van der Waals surface area (Å²) >= 11 is 11.6. The molecule has 0 saturated heterocycles. The van der Waals surface area contributed by atoms with E-state index < -0.39 is 5.63 Å². The number of alkyl halides is 2. The van der Waals surface area contributed by atoms with Crippen LogP contribution in [0.1, 0.15) is 22.5 Å². The molecule has 0 atom stereocenters. The number of furan rings is 1. The van der Waals surface area contributed by atoms with Crippen LogP contribution in [0.4, 0.5) is 0 Å². The molecule has 0 aliphatic carbocycles. The summed E-state index contributed by atoms with van der Waals surface area (Å²) in [6.07, 6.45) is 0.102. The van der Waals surface area contributed by atoms with Gasteiger partial charge in [0.1, 0.15) is 23.5 Å². The monoisotopic (exact) mass is 453 g/mol. The Morgan fingerprint density at radius 3 is 2.33 bits per heavy atom. The third-order valence-electron chi connectivity index (χ3n) is 5.22. The maximum atomic E-state index is 12.5. The molecule has 0 aliphatic rings. The predicted molar refractivity (Wildman–Crippen MR) is 119 cm³/mol. The third-order valence-corrected chi connectivity index (χ3v) is 5.56. The molecule has 0 unspecified atom stereocenters. The Kier molecular flexibility index (Phi) is 7.45. The van der Waals surface area contributed by atoms with E-state index in [1.807, 2.05) is 26.8 Å². The molecule has 0 N–H and O–H groups in total. The first-order valence-electron chi connectivity index (χ1n) is 9.81. The first-order valence-corrected chi connectivity index (χ1v) is 10.9. The number of nitrogens with zero attached hydrogens (tertiary/aromatic N) is 1. The van der Waals surface area contributed by atoms with Gasteiger partial charge in [0.05, 0.1) is 6.42 Å². The Hall–Kier alpha value is -2.02. The second-order valence-corrected chi connectivity index (χ2v) is 8.01. The van der Waals surface area contributed by atoms with Gasteiger partial charge in [0.15, 0.2) is 0 Å². The van der Waals surface area contributed by atoms with Crippen LogP contribution in [0.15, 0.2) is 25.8 Å². The molecule has 8 heteroatoms. The summed E-state index contributed by atoms with van der Waals surface area (Å²) in [4.78, 5) is 26.3. The molecule has 3 aromatic rings. The summed E-state index contributed by atoms with van der Waals surface area (Å²) in [6.45, 7) is 7.77. The van der Waals surface area contributed by atoms with Crippen molar-refractivity contribution in [3.63, 3.8) is 0 Å². The van der Waals surface area contributed by atoms with Crippen LogP contribution in [0.5, 0.6) is 0 Å². The molecule has 162 valence electrons. The van der Waals surface area contributed by atoms with Crippen molar-refractivity contribution < 1.29 is 18.4 Å². The summed E-state index contributed by atoms with van der Waals surface area (Å²) in [5.74, 6) is 1.31. The van der Waals surface area contributed by atoms with Gasteiger partial charge >= 0.3 is 11.6 Å². The average Bonchev–Trinajstić information content (AvgIpc) is 2.99. The molecule has 3 rings (SSSR count). The van der Waals surface area contributed by atoms with Crippen LogP contribution in [0.2, 0.25) is 0 Å². The number of benzene rings is 1. The molecule has 0 bridgehead atoms. The van der Waals surface area contributed by atoms with E-state index in [9.17, 15) is 9.59 Å². The lowest BCUT2D eigenvalue weighted by Gasteiger charge is -2.19. The highest BCUT2D eigenvalue weighted by atomic mass is 35.5. The third kappa shape index (κ3) is 4.82. The predicted octanol–water partition coefficient (Wildman–Crippen LogP) is 4.33. The Labute approximate surface area is 184 Å². The van der Waals surface area contributed by atoms with Gasteiger partial charge in [0, 0.05) is 59.4 Å². The Bertz CT molecular complexity index is 1110. The van der Waals surface area contributed by atoms with Crippen LogP contribution in [-0.2, 0) is 16.0 Å². The second-order valence-electron chi connectivity index (χ2n) is 7.26. The zero-order chi connectivity index (χ0) is 21.8. The van der Waals surface area contributed by atoms with E-state index in [1.54, 1.807) is 0 Å². The summed E-state index contributed by atoms with van der Waals surface area (Å²) < 4.78 is 16.7. The van der Waals surface area contributed by atoms with Crippen LogP contribution >= 0.6 is 23.2 Å². The summed E-state index contributed by atoms with van der Waals surface area (Å²) in [5, 5.41) is 1.66. The van der Waals surface area contributed by atoms with Gasteiger partial charge in [-0.2, -0.15) is 0 Å². The fourth-order valence-electron chi connectivity index (χ4n) is 3.63. The first kappa shape index (κ1) is 22.7. The lowest BCUT2D eigenvalue weighted by Crippen LogP contribution is -2.32. The number of carbonyl (C=O) groups excluding carboxylic acids is 1. The fraction of sp³-hybridized carbons (Fsp3) is 0.455. The standard InChI is InChI=1S/C22H25Cl2NO5/c1-13-10-20(27)30-21-14(2)22-18(11-16(13)21)17(15(3)29-22)12-19(26)28-9-8-25(6-4-23)7-5-24/h10-11H,4-9,12H2,1-3H3. The van der Waals surface area contributed by atoms with Crippen LogP contribution in [-0.4, -0.2) is 48.9 Å². The van der Waals surface area contributed by atoms with Crippen LogP contribution in [0.3, 0.4) is 0 Å². The molecule has 0 fully saturated rings. The smallest absolute Gasteiger partial charge is 0.336 e. The average molecular weight is 454 g/mol.